The molecule has 2 aromatic carbocycles. The monoisotopic (exact) mass is 339 g/mol. The van der Waals surface area contributed by atoms with Crippen LogP contribution in [0.15, 0.2) is 41.3 Å². The highest BCUT2D eigenvalue weighted by Gasteiger charge is 2.11. The van der Waals surface area contributed by atoms with E-state index in [-0.39, 0.29) is 5.82 Å². The molecule has 0 spiro atoms. The van der Waals surface area contributed by atoms with Crippen molar-refractivity contribution in [1.82, 2.24) is 5.43 Å². The lowest BCUT2D eigenvalue weighted by atomic mass is 10.1. The fourth-order valence-electron chi connectivity index (χ4n) is 1.86. The first kappa shape index (κ1) is 16.6. The number of urea groups is 1. The number of rotatable bonds is 4. The molecule has 4 nitrogen and oxygen atoms in total. The van der Waals surface area contributed by atoms with E-state index >= 15 is 0 Å². The molecule has 0 heterocycles. The molecule has 0 saturated heterocycles. The van der Waals surface area contributed by atoms with E-state index in [2.05, 4.69) is 5.32 Å². The summed E-state index contributed by atoms with van der Waals surface area (Å²) in [5.41, 5.74) is 4.42. The van der Waals surface area contributed by atoms with Crippen molar-refractivity contribution >= 4 is 35.1 Å². The van der Waals surface area contributed by atoms with Crippen LogP contribution >= 0.6 is 23.4 Å². The quantitative estimate of drug-likeness (QED) is 0.340. The van der Waals surface area contributed by atoms with Crippen LogP contribution in [0.2, 0.25) is 5.02 Å². The Morgan fingerprint density at radius 1 is 1.36 bits per heavy atom. The summed E-state index contributed by atoms with van der Waals surface area (Å²) < 4.78 is 13.3. The van der Waals surface area contributed by atoms with Gasteiger partial charge < -0.3 is 5.32 Å². The van der Waals surface area contributed by atoms with Crippen molar-refractivity contribution in [3.63, 3.8) is 0 Å². The van der Waals surface area contributed by atoms with Crippen LogP contribution in [0.5, 0.6) is 0 Å². The van der Waals surface area contributed by atoms with Gasteiger partial charge in [-0.25, -0.2) is 15.0 Å². The molecule has 4 N–H and O–H groups in total. The topological polar surface area (TPSA) is 67.2 Å². The van der Waals surface area contributed by atoms with Gasteiger partial charge in [0.05, 0.1) is 10.7 Å². The van der Waals surface area contributed by atoms with Gasteiger partial charge in [-0.1, -0.05) is 23.7 Å². The van der Waals surface area contributed by atoms with Crippen molar-refractivity contribution in [3.8, 4) is 0 Å². The zero-order valence-electron chi connectivity index (χ0n) is 11.8. The maximum atomic E-state index is 13.3. The van der Waals surface area contributed by atoms with Gasteiger partial charge in [-0.15, -0.1) is 11.8 Å². The van der Waals surface area contributed by atoms with Crippen LogP contribution in [0.3, 0.4) is 0 Å². The maximum absolute atomic E-state index is 13.3. The van der Waals surface area contributed by atoms with E-state index in [1.54, 1.807) is 24.3 Å². The van der Waals surface area contributed by atoms with Gasteiger partial charge in [0, 0.05) is 10.6 Å². The van der Waals surface area contributed by atoms with Crippen LogP contribution in [-0.4, -0.2) is 6.03 Å². The lowest BCUT2D eigenvalue weighted by molar-refractivity contribution is 0.252. The van der Waals surface area contributed by atoms with Gasteiger partial charge in [0.2, 0.25) is 0 Å². The Balaban J connectivity index is 2.21. The van der Waals surface area contributed by atoms with E-state index in [4.69, 9.17) is 17.4 Å². The molecule has 0 unspecified atom stereocenters. The Hall–Kier alpha value is -1.76. The van der Waals surface area contributed by atoms with E-state index in [9.17, 15) is 9.18 Å². The number of benzene rings is 2. The lowest BCUT2D eigenvalue weighted by Gasteiger charge is -2.13. The first-order valence-corrected chi connectivity index (χ1v) is 7.81. The first-order valence-electron chi connectivity index (χ1n) is 6.45. The number of nitrogens with two attached hydrogens (primary N) is 1. The first-order chi connectivity index (χ1) is 10.5. The van der Waals surface area contributed by atoms with Crippen LogP contribution in [0.1, 0.15) is 11.1 Å². The smallest absolute Gasteiger partial charge is 0.306 e. The minimum absolute atomic E-state index is 0.277. The molecule has 0 radical (unpaired) electrons. The third-order valence-electron chi connectivity index (χ3n) is 3.03. The maximum Gasteiger partial charge on any atom is 0.333 e. The summed E-state index contributed by atoms with van der Waals surface area (Å²) in [6.07, 6.45) is 0. The SMILES string of the molecule is Cc1ccc(F)cc1CSc1c(Cl)cccc1NC(=O)NN. The predicted molar refractivity (Wildman–Crippen MR) is 88.5 cm³/mol. The van der Waals surface area contributed by atoms with Crippen LogP contribution < -0.4 is 16.6 Å². The number of amides is 2. The third kappa shape index (κ3) is 4.13. The number of halogens is 2. The largest absolute Gasteiger partial charge is 0.333 e. The molecule has 0 fully saturated rings. The van der Waals surface area contributed by atoms with Gasteiger partial charge in [0.1, 0.15) is 5.82 Å². The van der Waals surface area contributed by atoms with Crippen LogP contribution in [0.25, 0.3) is 0 Å². The number of carbonyl (C=O) groups is 1. The molecule has 0 bridgehead atoms. The molecule has 116 valence electrons. The van der Waals surface area contributed by atoms with Gasteiger partial charge in [0.25, 0.3) is 0 Å². The fraction of sp³-hybridized carbons (Fsp3) is 0.133. The van der Waals surface area contributed by atoms with Gasteiger partial charge >= 0.3 is 6.03 Å². The zero-order valence-corrected chi connectivity index (χ0v) is 13.4. The molecule has 0 aliphatic rings. The standard InChI is InChI=1S/C15H15ClFN3OS/c1-9-5-6-11(17)7-10(9)8-22-14-12(16)3-2-4-13(14)19-15(21)20-18/h2-7H,8,18H2,1H3,(H2,19,20,21). The minimum Gasteiger partial charge on any atom is -0.306 e. The van der Waals surface area contributed by atoms with Gasteiger partial charge in [0.15, 0.2) is 0 Å². The molecule has 22 heavy (non-hydrogen) atoms. The summed E-state index contributed by atoms with van der Waals surface area (Å²) >= 11 is 7.62. The van der Waals surface area contributed by atoms with Gasteiger partial charge in [-0.2, -0.15) is 0 Å². The number of hydrogen-bond donors (Lipinski definition) is 3. The Kier molecular flexibility index (Phi) is 5.65. The van der Waals surface area contributed by atoms with Gasteiger partial charge in [-0.05, 0) is 42.3 Å². The second-order valence-corrected chi connectivity index (χ2v) is 5.97. The zero-order chi connectivity index (χ0) is 16.1. The van der Waals surface area contributed by atoms with E-state index in [1.165, 1.54) is 23.9 Å². The lowest BCUT2D eigenvalue weighted by Crippen LogP contribution is -2.34. The molecule has 0 aliphatic carbocycles. The van der Waals surface area contributed by atoms with E-state index < -0.39 is 6.03 Å². The van der Waals surface area contributed by atoms with Crippen molar-refractivity contribution in [2.45, 2.75) is 17.6 Å². The minimum atomic E-state index is -0.536. The summed E-state index contributed by atoms with van der Waals surface area (Å²) in [7, 11) is 0. The van der Waals surface area contributed by atoms with Crippen molar-refractivity contribution in [2.75, 3.05) is 5.32 Å². The van der Waals surface area contributed by atoms with Crippen LogP contribution in [0, 0.1) is 12.7 Å². The summed E-state index contributed by atoms with van der Waals surface area (Å²) in [4.78, 5) is 12.1. The van der Waals surface area contributed by atoms with Crippen LogP contribution in [-0.2, 0) is 5.75 Å². The molecule has 7 heteroatoms. The highest BCUT2D eigenvalue weighted by molar-refractivity contribution is 7.98. The second kappa shape index (κ2) is 7.49. The second-order valence-electron chi connectivity index (χ2n) is 4.57. The summed E-state index contributed by atoms with van der Waals surface area (Å²) in [5.74, 6) is 5.32. The molecule has 0 aromatic heterocycles. The predicted octanol–water partition coefficient (Wildman–Crippen LogP) is 4.08. The van der Waals surface area contributed by atoms with Crippen molar-refractivity contribution in [3.05, 3.63) is 58.4 Å². The Morgan fingerprint density at radius 3 is 2.86 bits per heavy atom. The van der Waals surface area contributed by atoms with Gasteiger partial charge in [-0.3, -0.25) is 5.43 Å². The number of hydrogen-bond acceptors (Lipinski definition) is 3. The van der Waals surface area contributed by atoms with E-state index in [0.29, 0.717) is 21.4 Å². The third-order valence-corrected chi connectivity index (χ3v) is 4.64. The molecule has 0 aliphatic heterocycles. The van der Waals surface area contributed by atoms with Crippen molar-refractivity contribution in [2.24, 2.45) is 5.84 Å². The Labute approximate surface area is 137 Å². The van der Waals surface area contributed by atoms with Crippen molar-refractivity contribution < 1.29 is 9.18 Å². The van der Waals surface area contributed by atoms with Crippen LogP contribution in [0.4, 0.5) is 14.9 Å². The highest BCUT2D eigenvalue weighted by atomic mass is 35.5. The molecule has 0 saturated carbocycles. The average molecular weight is 340 g/mol. The normalized spacial score (nSPS) is 10.4. The number of nitrogens with one attached hydrogen (secondary N) is 2. The number of aryl methyl sites for hydroxylation is 1. The van der Waals surface area contributed by atoms with E-state index in [0.717, 1.165) is 11.1 Å². The average Bonchev–Trinajstić information content (AvgIpc) is 2.49. The Bertz CT molecular complexity index is 696. The molecule has 2 aromatic rings. The summed E-state index contributed by atoms with van der Waals surface area (Å²) in [6.45, 7) is 1.92. The molecule has 0 atom stereocenters. The molecular weight excluding hydrogens is 325 g/mol. The summed E-state index contributed by atoms with van der Waals surface area (Å²) in [6, 6.07) is 9.31. The molecule has 2 rings (SSSR count). The highest BCUT2D eigenvalue weighted by Crippen LogP contribution is 2.36. The fourth-order valence-corrected chi connectivity index (χ4v) is 3.29. The number of anilines is 1. The summed E-state index contributed by atoms with van der Waals surface area (Å²) in [5, 5.41) is 3.12. The number of hydrazine groups is 1. The van der Waals surface area contributed by atoms with Crippen molar-refractivity contribution in [1.29, 1.82) is 0 Å². The molecule has 2 amide bonds. The number of thioether (sulfide) groups is 1. The molecular formula is C15H15ClFN3OS. The Morgan fingerprint density at radius 2 is 2.14 bits per heavy atom. The number of carbonyl (C=O) groups excluding carboxylic acids is 1. The van der Waals surface area contributed by atoms with E-state index in [1.807, 2.05) is 12.3 Å².